The molecule has 1 saturated heterocycles. The van der Waals surface area contributed by atoms with Crippen LogP contribution in [-0.4, -0.2) is 55.4 Å². The first kappa shape index (κ1) is 31.1. The third-order valence-corrected chi connectivity index (χ3v) is 8.31. The molecule has 2 aromatic carbocycles. The SMILES string of the molecule is CNCc1ccccc1C1CCC(Cc2cc(F)c(Cl)c(O[C@H]3C[C@@H](C(=O)OC)N(C(=O)OC(C)(C)C)C3)c2)CC1. The number of hydrogen-bond donors (Lipinski definition) is 1. The van der Waals surface area contributed by atoms with Crippen LogP contribution in [0.15, 0.2) is 36.4 Å². The highest BCUT2D eigenvalue weighted by Gasteiger charge is 2.43. The van der Waals surface area contributed by atoms with Crippen LogP contribution >= 0.6 is 11.6 Å². The molecule has 1 aliphatic heterocycles. The fourth-order valence-corrected chi connectivity index (χ4v) is 6.21. The van der Waals surface area contributed by atoms with Gasteiger partial charge in [-0.15, -0.1) is 0 Å². The second kappa shape index (κ2) is 13.4. The van der Waals surface area contributed by atoms with Crippen LogP contribution in [0.2, 0.25) is 5.02 Å². The summed E-state index contributed by atoms with van der Waals surface area (Å²) in [6.45, 7) is 6.22. The molecule has 2 fully saturated rings. The number of halogens is 2. The minimum absolute atomic E-state index is 0.0931. The van der Waals surface area contributed by atoms with Gasteiger partial charge in [-0.25, -0.2) is 14.0 Å². The smallest absolute Gasteiger partial charge is 0.411 e. The van der Waals surface area contributed by atoms with Gasteiger partial charge in [-0.05, 0) is 101 Å². The molecule has 0 bridgehead atoms. The van der Waals surface area contributed by atoms with E-state index in [0.29, 0.717) is 11.8 Å². The summed E-state index contributed by atoms with van der Waals surface area (Å²) in [5.41, 5.74) is 2.88. The third kappa shape index (κ3) is 7.92. The molecule has 9 heteroatoms. The van der Waals surface area contributed by atoms with Crippen molar-refractivity contribution < 1.29 is 28.2 Å². The van der Waals surface area contributed by atoms with Crippen molar-refractivity contribution in [3.8, 4) is 5.75 Å². The molecular formula is C32H42ClFN2O5. The summed E-state index contributed by atoms with van der Waals surface area (Å²) in [6.07, 6.45) is 4.04. The first-order valence-corrected chi connectivity index (χ1v) is 14.8. The van der Waals surface area contributed by atoms with Crippen LogP contribution in [0.3, 0.4) is 0 Å². The van der Waals surface area contributed by atoms with Gasteiger partial charge in [0, 0.05) is 13.0 Å². The van der Waals surface area contributed by atoms with Crippen molar-refractivity contribution in [1.82, 2.24) is 10.2 Å². The average Bonchev–Trinajstić information content (AvgIpc) is 3.35. The Morgan fingerprint density at radius 3 is 2.49 bits per heavy atom. The van der Waals surface area contributed by atoms with Crippen molar-refractivity contribution in [3.63, 3.8) is 0 Å². The van der Waals surface area contributed by atoms with Gasteiger partial charge < -0.3 is 19.5 Å². The van der Waals surface area contributed by atoms with E-state index in [9.17, 15) is 14.0 Å². The fourth-order valence-electron chi connectivity index (χ4n) is 6.06. The van der Waals surface area contributed by atoms with Crippen LogP contribution in [0.5, 0.6) is 5.75 Å². The molecule has 1 amide bonds. The number of methoxy groups -OCH3 is 1. The minimum Gasteiger partial charge on any atom is -0.487 e. The number of amides is 1. The molecule has 224 valence electrons. The Kier molecular flexibility index (Phi) is 10.2. The molecule has 0 radical (unpaired) electrons. The van der Waals surface area contributed by atoms with Gasteiger partial charge in [0.15, 0.2) is 0 Å². The largest absolute Gasteiger partial charge is 0.487 e. The van der Waals surface area contributed by atoms with Crippen molar-refractivity contribution in [3.05, 3.63) is 63.9 Å². The highest BCUT2D eigenvalue weighted by Crippen LogP contribution is 2.40. The Morgan fingerprint density at radius 2 is 1.83 bits per heavy atom. The molecule has 7 nitrogen and oxygen atoms in total. The second-order valence-electron chi connectivity index (χ2n) is 12.2. The highest BCUT2D eigenvalue weighted by atomic mass is 35.5. The highest BCUT2D eigenvalue weighted by molar-refractivity contribution is 6.32. The van der Waals surface area contributed by atoms with Crippen LogP contribution < -0.4 is 10.1 Å². The molecule has 2 aliphatic rings. The van der Waals surface area contributed by atoms with Crippen LogP contribution in [0, 0.1) is 11.7 Å². The first-order chi connectivity index (χ1) is 19.5. The van der Waals surface area contributed by atoms with Gasteiger partial charge in [0.25, 0.3) is 0 Å². The average molecular weight is 589 g/mol. The van der Waals surface area contributed by atoms with E-state index in [1.165, 1.54) is 29.2 Å². The maximum Gasteiger partial charge on any atom is 0.411 e. The third-order valence-electron chi connectivity index (χ3n) is 7.95. The summed E-state index contributed by atoms with van der Waals surface area (Å²) >= 11 is 6.32. The van der Waals surface area contributed by atoms with E-state index in [0.717, 1.165) is 44.2 Å². The standard InChI is InChI=1S/C32H42ClFN2O5/c1-32(2,3)41-31(38)36-19-24(17-27(36)30(37)39-5)40-28-16-21(15-26(34)29(28)33)14-20-10-12-22(13-11-20)25-9-7-6-8-23(25)18-35-4/h6-9,15-16,20,22,24,27,35H,10-14,17-19H2,1-5H3/t20?,22?,24-,27-/m0/s1. The molecule has 0 aromatic heterocycles. The van der Waals surface area contributed by atoms with Gasteiger partial charge in [-0.2, -0.15) is 0 Å². The Balaban J connectivity index is 1.42. The number of esters is 1. The maximum atomic E-state index is 14.9. The summed E-state index contributed by atoms with van der Waals surface area (Å²) in [4.78, 5) is 26.5. The van der Waals surface area contributed by atoms with Crippen molar-refractivity contribution in [2.45, 2.75) is 89.5 Å². The Labute approximate surface area is 247 Å². The molecule has 2 aromatic rings. The summed E-state index contributed by atoms with van der Waals surface area (Å²) in [5, 5.41) is 3.16. The van der Waals surface area contributed by atoms with E-state index in [1.54, 1.807) is 26.8 Å². The molecule has 0 unspecified atom stereocenters. The number of nitrogens with zero attached hydrogens (tertiary/aromatic N) is 1. The predicted octanol–water partition coefficient (Wildman–Crippen LogP) is 6.64. The number of hydrogen-bond acceptors (Lipinski definition) is 6. The number of likely N-dealkylation sites (tertiary alicyclic amines) is 1. The number of carbonyl (C=O) groups is 2. The van der Waals surface area contributed by atoms with E-state index in [1.807, 2.05) is 7.05 Å². The Bertz CT molecular complexity index is 1230. The van der Waals surface area contributed by atoms with Crippen molar-refractivity contribution in [2.24, 2.45) is 5.92 Å². The molecular weight excluding hydrogens is 547 g/mol. The lowest BCUT2D eigenvalue weighted by molar-refractivity contribution is -0.145. The molecule has 4 rings (SSSR count). The van der Waals surface area contributed by atoms with Crippen molar-refractivity contribution >= 4 is 23.7 Å². The topological polar surface area (TPSA) is 77.1 Å². The normalized spacial score (nSPS) is 22.9. The summed E-state index contributed by atoms with van der Waals surface area (Å²) in [5.74, 6) is 0.0946. The van der Waals surface area contributed by atoms with Gasteiger partial charge in [0.1, 0.15) is 34.3 Å². The summed E-state index contributed by atoms with van der Waals surface area (Å²) < 4.78 is 31.5. The van der Waals surface area contributed by atoms with E-state index in [4.69, 9.17) is 25.8 Å². The zero-order valence-corrected chi connectivity index (χ0v) is 25.4. The van der Waals surface area contributed by atoms with Gasteiger partial charge in [0.05, 0.1) is 13.7 Å². The fraction of sp³-hybridized carbons (Fsp3) is 0.562. The lowest BCUT2D eigenvalue weighted by Crippen LogP contribution is -2.44. The predicted molar refractivity (Wildman–Crippen MR) is 157 cm³/mol. The van der Waals surface area contributed by atoms with Crippen LogP contribution in [0.25, 0.3) is 0 Å². The van der Waals surface area contributed by atoms with E-state index in [-0.39, 0.29) is 23.7 Å². The van der Waals surface area contributed by atoms with E-state index >= 15 is 0 Å². The van der Waals surface area contributed by atoms with Gasteiger partial charge in [-0.1, -0.05) is 35.9 Å². The quantitative estimate of drug-likeness (QED) is 0.348. The second-order valence-corrected chi connectivity index (χ2v) is 12.6. The number of rotatable bonds is 8. The summed E-state index contributed by atoms with van der Waals surface area (Å²) in [6, 6.07) is 11.1. The van der Waals surface area contributed by atoms with Crippen molar-refractivity contribution in [1.29, 1.82) is 0 Å². The summed E-state index contributed by atoms with van der Waals surface area (Å²) in [7, 11) is 3.24. The first-order valence-electron chi connectivity index (χ1n) is 14.4. The van der Waals surface area contributed by atoms with E-state index < -0.39 is 35.6 Å². The van der Waals surface area contributed by atoms with Gasteiger partial charge in [-0.3, -0.25) is 4.90 Å². The molecule has 1 heterocycles. The molecule has 0 spiro atoms. The zero-order chi connectivity index (χ0) is 29.7. The van der Waals surface area contributed by atoms with Gasteiger partial charge in [0.2, 0.25) is 0 Å². The van der Waals surface area contributed by atoms with Crippen LogP contribution in [0.4, 0.5) is 9.18 Å². The lowest BCUT2D eigenvalue weighted by Gasteiger charge is -2.30. The minimum atomic E-state index is -0.861. The molecule has 1 saturated carbocycles. The van der Waals surface area contributed by atoms with E-state index in [2.05, 4.69) is 29.6 Å². The number of nitrogens with one attached hydrogen (secondary N) is 1. The monoisotopic (exact) mass is 588 g/mol. The van der Waals surface area contributed by atoms with Crippen LogP contribution in [0.1, 0.15) is 75.5 Å². The Hall–Kier alpha value is -2.84. The number of carbonyl (C=O) groups excluding carboxylic acids is 2. The van der Waals surface area contributed by atoms with Gasteiger partial charge >= 0.3 is 12.1 Å². The molecule has 2 atom stereocenters. The number of ether oxygens (including phenoxy) is 3. The zero-order valence-electron chi connectivity index (χ0n) is 24.7. The lowest BCUT2D eigenvalue weighted by atomic mass is 9.75. The molecule has 1 N–H and O–H groups in total. The Morgan fingerprint density at radius 1 is 1.12 bits per heavy atom. The molecule has 41 heavy (non-hydrogen) atoms. The maximum absolute atomic E-state index is 14.9. The van der Waals surface area contributed by atoms with Crippen LogP contribution in [-0.2, 0) is 27.2 Å². The van der Waals surface area contributed by atoms with Crippen molar-refractivity contribution in [2.75, 3.05) is 20.7 Å². The molecule has 1 aliphatic carbocycles. The number of benzene rings is 2.